The van der Waals surface area contributed by atoms with Gasteiger partial charge >= 0.3 is 12.3 Å². The summed E-state index contributed by atoms with van der Waals surface area (Å²) in [4.78, 5) is 11.5. The molecule has 12 heteroatoms. The van der Waals surface area contributed by atoms with Gasteiger partial charge in [-0.2, -0.15) is 13.2 Å². The number of nitrogens with zero attached hydrogens (tertiary/aromatic N) is 1. The lowest BCUT2D eigenvalue weighted by molar-refractivity contribution is -0.137. The topological polar surface area (TPSA) is 105 Å². The molecule has 2 aromatic rings. The number of sulfonamides is 1. The lowest BCUT2D eigenvalue weighted by Crippen LogP contribution is -2.38. The van der Waals surface area contributed by atoms with Crippen molar-refractivity contribution in [2.75, 3.05) is 29.9 Å². The number of aliphatic hydroxyl groups is 1. The number of amides is 1. The summed E-state index contributed by atoms with van der Waals surface area (Å²) < 4.78 is 77.0. The van der Waals surface area contributed by atoms with Crippen LogP contribution in [0.4, 0.5) is 29.3 Å². The van der Waals surface area contributed by atoms with E-state index in [0.29, 0.717) is 6.07 Å². The first kappa shape index (κ1) is 26.3. The number of fused-ring (bicyclic) bond motifs is 1. The fourth-order valence-electron chi connectivity index (χ4n) is 2.90. The van der Waals surface area contributed by atoms with Crippen LogP contribution in [0.25, 0.3) is 0 Å². The monoisotopic (exact) mass is 490 g/mol. The Morgan fingerprint density at radius 3 is 2.39 bits per heavy atom. The minimum Gasteiger partial charge on any atom is -0.489 e. The maximum Gasteiger partial charge on any atom is 0.416 e. The van der Waals surface area contributed by atoms with Crippen LogP contribution in [0, 0.1) is 0 Å². The molecule has 0 radical (unpaired) electrons. The molecule has 0 saturated carbocycles. The van der Waals surface area contributed by atoms with E-state index in [1.165, 1.54) is 18.2 Å². The normalized spacial score (nSPS) is 13.8. The molecule has 2 aromatic carbocycles. The van der Waals surface area contributed by atoms with Gasteiger partial charge in [-0.3, -0.25) is 9.62 Å². The molecule has 0 unspecified atom stereocenters. The second-order valence-electron chi connectivity index (χ2n) is 7.76. The number of anilines is 2. The first-order valence-electron chi connectivity index (χ1n) is 9.69. The van der Waals surface area contributed by atoms with E-state index in [-0.39, 0.29) is 30.3 Å². The largest absolute Gasteiger partial charge is 0.489 e. The van der Waals surface area contributed by atoms with Crippen LogP contribution in [0.5, 0.6) is 5.75 Å². The Hall–Kier alpha value is -2.99. The molecule has 0 saturated heterocycles. The molecule has 2 N–H and O–H groups in total. The number of benzene rings is 2. The van der Waals surface area contributed by atoms with E-state index in [1.54, 1.807) is 20.8 Å². The smallest absolute Gasteiger partial charge is 0.416 e. The zero-order chi connectivity index (χ0) is 25.0. The Morgan fingerprint density at radius 1 is 1.12 bits per heavy atom. The number of aliphatic hydroxyl groups excluding tert-OH is 1. The van der Waals surface area contributed by atoms with E-state index >= 15 is 0 Å². The van der Waals surface area contributed by atoms with Gasteiger partial charge in [-0.05, 0) is 57.2 Å². The van der Waals surface area contributed by atoms with Crippen LogP contribution in [0.3, 0.4) is 0 Å². The molecule has 182 valence electrons. The third kappa shape index (κ3) is 6.51. The van der Waals surface area contributed by atoms with Gasteiger partial charge in [0.2, 0.25) is 0 Å². The van der Waals surface area contributed by atoms with Crippen LogP contribution < -0.4 is 14.4 Å². The lowest BCUT2D eigenvalue weighted by atomic mass is 10.2. The minimum atomic E-state index is -4.68. The van der Waals surface area contributed by atoms with E-state index in [1.807, 2.05) is 0 Å². The average Bonchev–Trinajstić information content (AvgIpc) is 2.72. The van der Waals surface area contributed by atoms with Gasteiger partial charge in [0.25, 0.3) is 10.0 Å². The minimum absolute atomic E-state index is 0.0179. The highest BCUT2D eigenvalue weighted by molar-refractivity contribution is 7.92. The molecule has 0 bridgehead atoms. The zero-order valence-corrected chi connectivity index (χ0v) is 19.2. The standard InChI is InChI=1S/C20H21F3N2O5S.CH4O/c1-19(2,3)30-18(26)24-14-7-8-17-16(12-14)25(9-10-29-17)31(27,28)15-6-4-5-13(11-15)20(21,22)23;1-2/h4-8,11-12H,9-10H2,1-3H3,(H,24,26);2H,1H3. The summed E-state index contributed by atoms with van der Waals surface area (Å²) in [5.74, 6) is 0.219. The molecule has 1 aliphatic rings. The van der Waals surface area contributed by atoms with E-state index in [4.69, 9.17) is 14.6 Å². The van der Waals surface area contributed by atoms with Crippen LogP contribution in [0.15, 0.2) is 47.4 Å². The summed E-state index contributed by atoms with van der Waals surface area (Å²) in [5, 5.41) is 9.50. The van der Waals surface area contributed by atoms with E-state index in [9.17, 15) is 26.4 Å². The second kappa shape index (κ2) is 9.87. The van der Waals surface area contributed by atoms with Crippen molar-refractivity contribution in [2.45, 2.75) is 37.4 Å². The van der Waals surface area contributed by atoms with Crippen molar-refractivity contribution in [3.63, 3.8) is 0 Å². The maximum absolute atomic E-state index is 13.1. The second-order valence-corrected chi connectivity index (χ2v) is 9.62. The van der Waals surface area contributed by atoms with E-state index in [2.05, 4.69) is 5.32 Å². The van der Waals surface area contributed by atoms with Gasteiger partial charge in [-0.1, -0.05) is 6.07 Å². The fraction of sp³-hybridized carbons (Fsp3) is 0.381. The Kier molecular flexibility index (Phi) is 7.86. The quantitative estimate of drug-likeness (QED) is 0.667. The van der Waals surface area contributed by atoms with Crippen LogP contribution in [-0.2, 0) is 20.9 Å². The molecule has 0 spiro atoms. The molecule has 33 heavy (non-hydrogen) atoms. The first-order valence-corrected chi connectivity index (χ1v) is 11.1. The zero-order valence-electron chi connectivity index (χ0n) is 18.4. The Balaban J connectivity index is 0.00000187. The third-order valence-electron chi connectivity index (χ3n) is 4.17. The van der Waals surface area contributed by atoms with Crippen LogP contribution in [0.1, 0.15) is 26.3 Å². The summed E-state index contributed by atoms with van der Waals surface area (Å²) in [6, 6.07) is 7.87. The van der Waals surface area contributed by atoms with Gasteiger partial charge in [-0.15, -0.1) is 0 Å². The van der Waals surface area contributed by atoms with Crippen molar-refractivity contribution in [1.82, 2.24) is 0 Å². The average molecular weight is 491 g/mol. The summed E-state index contributed by atoms with van der Waals surface area (Å²) in [7, 11) is -3.32. The highest BCUT2D eigenvalue weighted by Crippen LogP contribution is 2.38. The Morgan fingerprint density at radius 2 is 1.79 bits per heavy atom. The van der Waals surface area contributed by atoms with Gasteiger partial charge in [0.1, 0.15) is 18.0 Å². The van der Waals surface area contributed by atoms with Gasteiger partial charge in [0.05, 0.1) is 22.7 Å². The van der Waals surface area contributed by atoms with Crippen molar-refractivity contribution in [1.29, 1.82) is 0 Å². The summed E-state index contributed by atoms with van der Waals surface area (Å²) in [5.41, 5.74) is -1.47. The SMILES string of the molecule is CC(C)(C)OC(=O)Nc1ccc2c(c1)N(S(=O)(=O)c1cccc(C(F)(F)F)c1)CCO2.CO. The highest BCUT2D eigenvalue weighted by Gasteiger charge is 2.35. The predicted octanol–water partition coefficient (Wildman–Crippen LogP) is 4.25. The molecule has 3 rings (SSSR count). The number of rotatable bonds is 3. The maximum atomic E-state index is 13.1. The summed E-state index contributed by atoms with van der Waals surface area (Å²) >= 11 is 0. The van der Waals surface area contributed by atoms with Crippen LogP contribution in [0.2, 0.25) is 0 Å². The molecule has 0 aliphatic carbocycles. The first-order chi connectivity index (χ1) is 15.3. The van der Waals surface area contributed by atoms with Crippen molar-refractivity contribution in [3.8, 4) is 5.75 Å². The number of nitrogens with one attached hydrogen (secondary N) is 1. The van der Waals surface area contributed by atoms with Crippen molar-refractivity contribution >= 4 is 27.5 Å². The third-order valence-corrected chi connectivity index (χ3v) is 5.98. The lowest BCUT2D eigenvalue weighted by Gasteiger charge is -2.31. The summed E-state index contributed by atoms with van der Waals surface area (Å²) in [6.07, 6.45) is -5.42. The predicted molar refractivity (Wildman–Crippen MR) is 116 cm³/mol. The summed E-state index contributed by atoms with van der Waals surface area (Å²) in [6.45, 7) is 4.98. The Bertz CT molecular complexity index is 1100. The molecule has 1 aliphatic heterocycles. The highest BCUT2D eigenvalue weighted by atomic mass is 32.2. The van der Waals surface area contributed by atoms with Gasteiger partial charge in [-0.25, -0.2) is 13.2 Å². The number of hydrogen-bond donors (Lipinski definition) is 2. The van der Waals surface area contributed by atoms with Gasteiger partial charge in [0.15, 0.2) is 0 Å². The molecule has 0 aromatic heterocycles. The molecule has 0 fully saturated rings. The van der Waals surface area contributed by atoms with E-state index in [0.717, 1.165) is 29.6 Å². The van der Waals surface area contributed by atoms with E-state index < -0.39 is 38.4 Å². The molecular weight excluding hydrogens is 465 g/mol. The number of hydrogen-bond acceptors (Lipinski definition) is 6. The molecular formula is C21H25F3N2O6S. The van der Waals surface area contributed by atoms with Crippen molar-refractivity contribution < 1.29 is 41.0 Å². The van der Waals surface area contributed by atoms with Crippen LogP contribution in [-0.4, -0.2) is 45.5 Å². The molecule has 0 atom stereocenters. The van der Waals surface area contributed by atoms with Gasteiger partial charge < -0.3 is 14.6 Å². The van der Waals surface area contributed by atoms with Crippen LogP contribution >= 0.6 is 0 Å². The molecule has 1 amide bonds. The van der Waals surface area contributed by atoms with Crippen molar-refractivity contribution in [3.05, 3.63) is 48.0 Å². The number of halogens is 3. The number of carbonyl (C=O) groups excluding carboxylic acids is 1. The number of alkyl halides is 3. The number of carbonyl (C=O) groups is 1. The fourth-order valence-corrected chi connectivity index (χ4v) is 4.40. The van der Waals surface area contributed by atoms with Gasteiger partial charge in [0, 0.05) is 12.8 Å². The van der Waals surface area contributed by atoms with Crippen molar-refractivity contribution in [2.24, 2.45) is 0 Å². The molecule has 1 heterocycles. The number of ether oxygens (including phenoxy) is 2. The Labute approximate surface area is 190 Å². The molecule has 8 nitrogen and oxygen atoms in total.